The number of amides is 2. The second kappa shape index (κ2) is 7.35. The zero-order valence-electron chi connectivity index (χ0n) is 11.9. The van der Waals surface area contributed by atoms with Gasteiger partial charge in [-0.3, -0.25) is 14.4 Å². The van der Waals surface area contributed by atoms with E-state index in [9.17, 15) is 9.59 Å². The molecule has 0 saturated carbocycles. The van der Waals surface area contributed by atoms with Gasteiger partial charge in [0.1, 0.15) is 0 Å². The largest absolute Gasteiger partial charge is 0.287 e. The van der Waals surface area contributed by atoms with Crippen LogP contribution in [-0.2, 0) is 4.84 Å². The highest BCUT2D eigenvalue weighted by molar-refractivity contribution is 9.12. The minimum absolute atomic E-state index is 0.371. The lowest BCUT2D eigenvalue weighted by molar-refractivity contribution is -0.104. The first kappa shape index (κ1) is 17.1. The molecule has 1 aliphatic rings. The standard InChI is InChI=1S/C14H17Br2NO3S/c1-3-5-6-8(4-2)7-20-17-13(18)9-10(14(17)19)12(16)21-11(9)15/h8H,3-7H2,1-2H3. The molecule has 0 fully saturated rings. The van der Waals surface area contributed by atoms with Crippen molar-refractivity contribution >= 4 is 55.0 Å². The third kappa shape index (κ3) is 3.41. The van der Waals surface area contributed by atoms with Crippen molar-refractivity contribution in [1.82, 2.24) is 5.06 Å². The average molecular weight is 439 g/mol. The third-order valence-electron chi connectivity index (χ3n) is 3.60. The molecule has 21 heavy (non-hydrogen) atoms. The number of nitrogens with zero attached hydrogens (tertiary/aromatic N) is 1. The second-order valence-electron chi connectivity index (χ2n) is 5.02. The van der Waals surface area contributed by atoms with E-state index < -0.39 is 0 Å². The average Bonchev–Trinajstić information content (AvgIpc) is 2.88. The van der Waals surface area contributed by atoms with Crippen LogP contribution in [-0.4, -0.2) is 23.5 Å². The van der Waals surface area contributed by atoms with Crippen molar-refractivity contribution < 1.29 is 14.4 Å². The molecule has 1 unspecified atom stereocenters. The molecule has 0 spiro atoms. The van der Waals surface area contributed by atoms with Gasteiger partial charge in [0.15, 0.2) is 0 Å². The fourth-order valence-corrected chi connectivity index (χ4v) is 5.35. The molecule has 1 aromatic heterocycles. The van der Waals surface area contributed by atoms with Crippen LogP contribution in [0.1, 0.15) is 60.2 Å². The summed E-state index contributed by atoms with van der Waals surface area (Å²) in [4.78, 5) is 30.1. The number of carbonyl (C=O) groups excluding carboxylic acids is 2. The van der Waals surface area contributed by atoms with Crippen LogP contribution in [0.2, 0.25) is 0 Å². The van der Waals surface area contributed by atoms with Gasteiger partial charge in [0.2, 0.25) is 0 Å². The highest BCUT2D eigenvalue weighted by Gasteiger charge is 2.42. The number of carbonyl (C=O) groups is 2. The summed E-state index contributed by atoms with van der Waals surface area (Å²) < 4.78 is 1.32. The topological polar surface area (TPSA) is 46.6 Å². The smallest absolute Gasteiger partial charge is 0.266 e. The van der Waals surface area contributed by atoms with Gasteiger partial charge in [-0.05, 0) is 44.2 Å². The molecule has 2 amide bonds. The Labute approximate surface area is 145 Å². The number of imide groups is 1. The SMILES string of the molecule is CCCCC(CC)CON1C(=O)c2c(Br)sc(Br)c2C1=O. The number of fused-ring (bicyclic) bond motifs is 1. The molecule has 1 aromatic rings. The van der Waals surface area contributed by atoms with E-state index in [4.69, 9.17) is 4.84 Å². The molecular weight excluding hydrogens is 422 g/mol. The van der Waals surface area contributed by atoms with Crippen LogP contribution in [0.4, 0.5) is 0 Å². The Balaban J connectivity index is 2.05. The maximum absolute atomic E-state index is 12.3. The molecule has 0 radical (unpaired) electrons. The molecule has 2 rings (SSSR count). The Hall–Kier alpha value is -0.240. The molecule has 1 atom stereocenters. The van der Waals surface area contributed by atoms with E-state index in [1.165, 1.54) is 11.3 Å². The molecule has 0 aromatic carbocycles. The maximum Gasteiger partial charge on any atom is 0.287 e. The lowest BCUT2D eigenvalue weighted by Crippen LogP contribution is -2.32. The van der Waals surface area contributed by atoms with E-state index in [1.807, 2.05) is 0 Å². The number of unbranched alkanes of at least 4 members (excludes halogenated alkanes) is 1. The fourth-order valence-electron chi connectivity index (χ4n) is 2.25. The van der Waals surface area contributed by atoms with Crippen LogP contribution in [0, 0.1) is 5.92 Å². The van der Waals surface area contributed by atoms with Crippen LogP contribution < -0.4 is 0 Å². The van der Waals surface area contributed by atoms with E-state index in [-0.39, 0.29) is 11.8 Å². The molecule has 0 aliphatic carbocycles. The van der Waals surface area contributed by atoms with Crippen LogP contribution in [0.3, 0.4) is 0 Å². The number of hydroxylamine groups is 2. The second-order valence-corrected chi connectivity index (χ2v) is 8.67. The normalized spacial score (nSPS) is 15.7. The van der Waals surface area contributed by atoms with Gasteiger partial charge in [0.05, 0.1) is 25.3 Å². The number of halogens is 2. The van der Waals surface area contributed by atoms with Gasteiger partial charge in [-0.2, -0.15) is 0 Å². The summed E-state index contributed by atoms with van der Waals surface area (Å²) in [5, 5.41) is 0.904. The fraction of sp³-hybridized carbons (Fsp3) is 0.571. The Morgan fingerprint density at radius 1 is 1.14 bits per heavy atom. The lowest BCUT2D eigenvalue weighted by atomic mass is 10.0. The van der Waals surface area contributed by atoms with Crippen molar-refractivity contribution in [2.24, 2.45) is 5.92 Å². The van der Waals surface area contributed by atoms with Gasteiger partial charge >= 0.3 is 0 Å². The highest BCUT2D eigenvalue weighted by Crippen LogP contribution is 2.42. The summed E-state index contributed by atoms with van der Waals surface area (Å²) in [7, 11) is 0. The zero-order valence-corrected chi connectivity index (χ0v) is 15.9. The number of hydrogen-bond donors (Lipinski definition) is 0. The van der Waals surface area contributed by atoms with Crippen molar-refractivity contribution in [2.75, 3.05) is 6.61 Å². The summed E-state index contributed by atoms with van der Waals surface area (Å²) >= 11 is 7.98. The van der Waals surface area contributed by atoms with Gasteiger partial charge in [-0.15, -0.1) is 16.4 Å². The predicted octanol–water partition coefficient (Wildman–Crippen LogP) is 5.02. The molecule has 1 aliphatic heterocycles. The maximum atomic E-state index is 12.3. The van der Waals surface area contributed by atoms with Crippen LogP contribution in [0.25, 0.3) is 0 Å². The minimum Gasteiger partial charge on any atom is -0.266 e. The van der Waals surface area contributed by atoms with Crippen molar-refractivity contribution in [3.63, 3.8) is 0 Å². The molecule has 0 N–H and O–H groups in total. The van der Waals surface area contributed by atoms with Crippen LogP contribution in [0.15, 0.2) is 7.57 Å². The van der Waals surface area contributed by atoms with E-state index >= 15 is 0 Å². The van der Waals surface area contributed by atoms with E-state index in [1.54, 1.807) is 0 Å². The molecule has 0 saturated heterocycles. The van der Waals surface area contributed by atoms with Gasteiger partial charge in [-0.1, -0.05) is 33.1 Å². The van der Waals surface area contributed by atoms with Crippen molar-refractivity contribution in [1.29, 1.82) is 0 Å². The Morgan fingerprint density at radius 3 is 2.19 bits per heavy atom. The lowest BCUT2D eigenvalue weighted by Gasteiger charge is -2.19. The molecular formula is C14H17Br2NO3S. The van der Waals surface area contributed by atoms with E-state index in [0.717, 1.165) is 30.7 Å². The summed E-state index contributed by atoms with van der Waals surface area (Å²) in [5.74, 6) is -0.390. The monoisotopic (exact) mass is 437 g/mol. The quantitative estimate of drug-likeness (QED) is 0.561. The van der Waals surface area contributed by atoms with Gasteiger partial charge < -0.3 is 0 Å². The minimum atomic E-state index is -0.380. The van der Waals surface area contributed by atoms with E-state index in [2.05, 4.69) is 45.7 Å². The summed E-state index contributed by atoms with van der Waals surface area (Å²) in [6, 6.07) is 0. The number of hydrogen-bond acceptors (Lipinski definition) is 4. The Bertz CT molecular complexity index is 522. The Kier molecular flexibility index (Phi) is 5.99. The van der Waals surface area contributed by atoms with Crippen molar-refractivity contribution in [3.05, 3.63) is 18.7 Å². The molecule has 0 bridgehead atoms. The predicted molar refractivity (Wildman–Crippen MR) is 89.5 cm³/mol. The first-order valence-corrected chi connectivity index (χ1v) is 9.40. The molecule has 116 valence electrons. The van der Waals surface area contributed by atoms with Gasteiger partial charge in [-0.25, -0.2) is 0 Å². The summed E-state index contributed by atoms with van der Waals surface area (Å²) in [6.07, 6.45) is 4.30. The molecule has 7 heteroatoms. The molecule has 2 heterocycles. The van der Waals surface area contributed by atoms with E-state index in [0.29, 0.717) is 31.2 Å². The Morgan fingerprint density at radius 2 is 1.71 bits per heavy atom. The van der Waals surface area contributed by atoms with Gasteiger partial charge in [0, 0.05) is 0 Å². The first-order valence-electron chi connectivity index (χ1n) is 7.00. The number of rotatable bonds is 7. The third-order valence-corrected chi connectivity index (χ3v) is 6.13. The summed E-state index contributed by atoms with van der Waals surface area (Å²) in [5.41, 5.74) is 0.803. The number of thiophene rings is 1. The highest BCUT2D eigenvalue weighted by atomic mass is 79.9. The van der Waals surface area contributed by atoms with Crippen LogP contribution >= 0.6 is 43.2 Å². The zero-order chi connectivity index (χ0) is 15.6. The summed E-state index contributed by atoms with van der Waals surface area (Å²) in [6.45, 7) is 4.64. The van der Waals surface area contributed by atoms with Crippen molar-refractivity contribution in [2.45, 2.75) is 39.5 Å². The van der Waals surface area contributed by atoms with Crippen molar-refractivity contribution in [3.8, 4) is 0 Å². The first-order chi connectivity index (χ1) is 10.0. The molecule has 4 nitrogen and oxygen atoms in total. The van der Waals surface area contributed by atoms with Gasteiger partial charge in [0.25, 0.3) is 11.8 Å². The van der Waals surface area contributed by atoms with Crippen LogP contribution in [0.5, 0.6) is 0 Å².